The molecule has 16 heavy (non-hydrogen) atoms. The highest BCUT2D eigenvalue weighted by Crippen LogP contribution is 2.16. The third-order valence-electron chi connectivity index (χ3n) is 2.53. The molecule has 2 aromatic rings. The van der Waals surface area contributed by atoms with E-state index in [9.17, 15) is 9.59 Å². The van der Waals surface area contributed by atoms with Gasteiger partial charge >= 0.3 is 5.76 Å². The molecule has 0 aliphatic rings. The standard InChI is InChI=1S/C11H12N2O3/c1-7(10(14)12-2)13-8-5-3-4-6-9(8)16-11(13)15/h3-7H,1-2H3,(H,12,14)/t7-/m1/s1. The number of hydrogen-bond donors (Lipinski definition) is 1. The van der Waals surface area contributed by atoms with Crippen molar-refractivity contribution in [3.05, 3.63) is 34.8 Å². The predicted molar refractivity (Wildman–Crippen MR) is 59.3 cm³/mol. The van der Waals surface area contributed by atoms with E-state index in [0.29, 0.717) is 11.1 Å². The quantitative estimate of drug-likeness (QED) is 0.817. The fourth-order valence-corrected chi connectivity index (χ4v) is 1.68. The molecule has 5 heteroatoms. The number of hydrogen-bond acceptors (Lipinski definition) is 3. The molecule has 0 bridgehead atoms. The lowest BCUT2D eigenvalue weighted by Crippen LogP contribution is -2.32. The number of oxazole rings is 1. The minimum Gasteiger partial charge on any atom is -0.408 e. The molecule has 1 amide bonds. The van der Waals surface area contributed by atoms with Crippen molar-refractivity contribution in [2.75, 3.05) is 7.05 Å². The maximum Gasteiger partial charge on any atom is 0.420 e. The monoisotopic (exact) mass is 220 g/mol. The molecule has 5 nitrogen and oxygen atoms in total. The van der Waals surface area contributed by atoms with Crippen LogP contribution in [0, 0.1) is 0 Å². The van der Waals surface area contributed by atoms with Gasteiger partial charge in [-0.15, -0.1) is 0 Å². The molecule has 1 atom stereocenters. The second-order valence-corrected chi connectivity index (χ2v) is 3.50. The number of likely N-dealkylation sites (N-methyl/N-ethyl adjacent to an activating group) is 1. The van der Waals surface area contributed by atoms with Gasteiger partial charge in [0.2, 0.25) is 5.91 Å². The number of fused-ring (bicyclic) bond motifs is 1. The Balaban J connectivity index is 2.64. The lowest BCUT2D eigenvalue weighted by Gasteiger charge is -2.10. The van der Waals surface area contributed by atoms with E-state index in [2.05, 4.69) is 5.32 Å². The highest BCUT2D eigenvalue weighted by atomic mass is 16.4. The van der Waals surface area contributed by atoms with Gasteiger partial charge in [0.05, 0.1) is 5.52 Å². The zero-order valence-corrected chi connectivity index (χ0v) is 9.06. The molecule has 2 rings (SSSR count). The fraction of sp³-hybridized carbons (Fsp3) is 0.273. The summed E-state index contributed by atoms with van der Waals surface area (Å²) >= 11 is 0. The maximum absolute atomic E-state index is 11.6. The van der Waals surface area contributed by atoms with Crippen LogP contribution in [0.5, 0.6) is 0 Å². The first-order valence-electron chi connectivity index (χ1n) is 4.97. The van der Waals surface area contributed by atoms with Crippen LogP contribution >= 0.6 is 0 Å². The number of carbonyl (C=O) groups excluding carboxylic acids is 1. The highest BCUT2D eigenvalue weighted by molar-refractivity contribution is 5.82. The summed E-state index contributed by atoms with van der Waals surface area (Å²) in [5, 5.41) is 2.50. The van der Waals surface area contributed by atoms with Crippen LogP contribution in [0.15, 0.2) is 33.5 Å². The van der Waals surface area contributed by atoms with E-state index >= 15 is 0 Å². The Labute approximate surface area is 91.7 Å². The molecule has 1 heterocycles. The maximum atomic E-state index is 11.6. The highest BCUT2D eigenvalue weighted by Gasteiger charge is 2.19. The van der Waals surface area contributed by atoms with Gasteiger partial charge < -0.3 is 9.73 Å². The van der Waals surface area contributed by atoms with E-state index in [1.807, 2.05) is 0 Å². The number of nitrogens with zero attached hydrogens (tertiary/aromatic N) is 1. The summed E-state index contributed by atoms with van der Waals surface area (Å²) in [7, 11) is 1.53. The summed E-state index contributed by atoms with van der Waals surface area (Å²) in [4.78, 5) is 23.1. The van der Waals surface area contributed by atoms with Crippen molar-refractivity contribution < 1.29 is 9.21 Å². The molecule has 0 aliphatic heterocycles. The number of amides is 1. The van der Waals surface area contributed by atoms with Crippen molar-refractivity contribution in [1.29, 1.82) is 0 Å². The van der Waals surface area contributed by atoms with Gasteiger partial charge in [-0.3, -0.25) is 9.36 Å². The number of benzene rings is 1. The van der Waals surface area contributed by atoms with Crippen molar-refractivity contribution in [1.82, 2.24) is 9.88 Å². The van der Waals surface area contributed by atoms with Gasteiger partial charge in [0.1, 0.15) is 6.04 Å². The Hall–Kier alpha value is -2.04. The molecule has 84 valence electrons. The molecule has 0 radical (unpaired) electrons. The Morgan fingerprint density at radius 3 is 2.81 bits per heavy atom. The van der Waals surface area contributed by atoms with Crippen molar-refractivity contribution in [2.45, 2.75) is 13.0 Å². The third kappa shape index (κ3) is 1.50. The first-order valence-corrected chi connectivity index (χ1v) is 4.97. The molecule has 0 spiro atoms. The van der Waals surface area contributed by atoms with E-state index < -0.39 is 11.8 Å². The second-order valence-electron chi connectivity index (χ2n) is 3.50. The first kappa shape index (κ1) is 10.5. The van der Waals surface area contributed by atoms with Crippen LogP contribution < -0.4 is 11.1 Å². The largest absolute Gasteiger partial charge is 0.420 e. The Kier molecular flexibility index (Phi) is 2.52. The van der Waals surface area contributed by atoms with Gasteiger partial charge in [0, 0.05) is 7.05 Å². The lowest BCUT2D eigenvalue weighted by atomic mass is 10.2. The van der Waals surface area contributed by atoms with Crippen molar-refractivity contribution in [3.8, 4) is 0 Å². The number of nitrogens with one attached hydrogen (secondary N) is 1. The molecule has 1 aromatic heterocycles. The van der Waals surface area contributed by atoms with Crippen LogP contribution in [0.3, 0.4) is 0 Å². The van der Waals surface area contributed by atoms with Gasteiger partial charge in [0.15, 0.2) is 5.58 Å². The van der Waals surface area contributed by atoms with Gasteiger partial charge in [-0.25, -0.2) is 4.79 Å². The summed E-state index contributed by atoms with van der Waals surface area (Å²) in [5.74, 6) is -0.744. The fourth-order valence-electron chi connectivity index (χ4n) is 1.68. The van der Waals surface area contributed by atoms with Gasteiger partial charge in [-0.1, -0.05) is 12.1 Å². The average Bonchev–Trinajstić information content (AvgIpc) is 2.63. The van der Waals surface area contributed by atoms with Crippen LogP contribution in [0.2, 0.25) is 0 Å². The zero-order chi connectivity index (χ0) is 11.7. The normalized spacial score (nSPS) is 12.6. The van der Waals surface area contributed by atoms with E-state index in [4.69, 9.17) is 4.42 Å². The summed E-state index contributed by atoms with van der Waals surface area (Å²) in [5.41, 5.74) is 1.12. The minimum atomic E-state index is -0.582. The Bertz CT molecular complexity index is 582. The minimum absolute atomic E-state index is 0.228. The molecule has 0 saturated heterocycles. The number of rotatable bonds is 2. The van der Waals surface area contributed by atoms with Crippen molar-refractivity contribution >= 4 is 17.0 Å². The van der Waals surface area contributed by atoms with Gasteiger partial charge in [-0.05, 0) is 19.1 Å². The SMILES string of the molecule is CNC(=O)[C@@H](C)n1c(=O)oc2ccccc21. The third-order valence-corrected chi connectivity index (χ3v) is 2.53. The molecule has 0 fully saturated rings. The molecule has 0 unspecified atom stereocenters. The molecular weight excluding hydrogens is 208 g/mol. The lowest BCUT2D eigenvalue weighted by molar-refractivity contribution is -0.123. The topological polar surface area (TPSA) is 64.2 Å². The summed E-state index contributed by atoms with van der Waals surface area (Å²) in [6, 6.07) is 6.44. The van der Waals surface area contributed by atoms with Gasteiger partial charge in [-0.2, -0.15) is 0 Å². The smallest absolute Gasteiger partial charge is 0.408 e. The summed E-state index contributed by atoms with van der Waals surface area (Å²) in [6.07, 6.45) is 0. The number of aromatic nitrogens is 1. The van der Waals surface area contributed by atoms with Crippen LogP contribution in [0.25, 0.3) is 11.1 Å². The Morgan fingerprint density at radius 1 is 1.44 bits per heavy atom. The van der Waals surface area contributed by atoms with E-state index in [1.165, 1.54) is 11.6 Å². The molecule has 1 aromatic carbocycles. The number of para-hydroxylation sites is 2. The van der Waals surface area contributed by atoms with Crippen LogP contribution in [0.4, 0.5) is 0 Å². The van der Waals surface area contributed by atoms with Gasteiger partial charge in [0.25, 0.3) is 0 Å². The predicted octanol–water partition coefficient (Wildman–Crippen LogP) is 0.901. The average molecular weight is 220 g/mol. The number of carbonyl (C=O) groups is 1. The summed E-state index contributed by atoms with van der Waals surface area (Å²) in [6.45, 7) is 1.65. The van der Waals surface area contributed by atoms with Crippen molar-refractivity contribution in [3.63, 3.8) is 0 Å². The first-order chi connectivity index (χ1) is 7.65. The Morgan fingerprint density at radius 2 is 2.12 bits per heavy atom. The van der Waals surface area contributed by atoms with Crippen molar-refractivity contribution in [2.24, 2.45) is 0 Å². The second kappa shape index (κ2) is 3.84. The summed E-state index contributed by atoms with van der Waals surface area (Å²) < 4.78 is 6.38. The van der Waals surface area contributed by atoms with E-state index in [0.717, 1.165) is 0 Å². The molecule has 0 aliphatic carbocycles. The molecule has 1 N–H and O–H groups in total. The van der Waals surface area contributed by atoms with Crippen LogP contribution in [0.1, 0.15) is 13.0 Å². The zero-order valence-electron chi connectivity index (χ0n) is 9.06. The van der Waals surface area contributed by atoms with E-state index in [1.54, 1.807) is 31.2 Å². The van der Waals surface area contributed by atoms with Crippen LogP contribution in [-0.4, -0.2) is 17.5 Å². The molecule has 0 saturated carbocycles. The molecular formula is C11H12N2O3. The van der Waals surface area contributed by atoms with Crippen LogP contribution in [-0.2, 0) is 4.79 Å². The van der Waals surface area contributed by atoms with E-state index in [-0.39, 0.29) is 5.91 Å².